The molecule has 0 bridgehead atoms. The van der Waals surface area contributed by atoms with Crippen LogP contribution in [-0.4, -0.2) is 37.7 Å². The molecular formula is C12H22N4O2S. The lowest BCUT2D eigenvalue weighted by Crippen LogP contribution is -2.36. The Kier molecular flexibility index (Phi) is 5.35. The fourth-order valence-electron chi connectivity index (χ4n) is 2.41. The number of nitrogens with zero attached hydrogens (tertiary/aromatic N) is 1. The van der Waals surface area contributed by atoms with Crippen molar-refractivity contribution in [1.82, 2.24) is 20.2 Å². The van der Waals surface area contributed by atoms with E-state index in [1.54, 1.807) is 0 Å². The highest BCUT2D eigenvalue weighted by Gasteiger charge is 2.15. The Balaban J connectivity index is 1.69. The van der Waals surface area contributed by atoms with E-state index in [1.165, 1.54) is 50.9 Å². The second-order valence-electron chi connectivity index (χ2n) is 4.97. The molecule has 6 nitrogen and oxygen atoms in total. The van der Waals surface area contributed by atoms with Crippen LogP contribution in [0.2, 0.25) is 0 Å². The number of aromatic amines is 1. The molecule has 7 heteroatoms. The van der Waals surface area contributed by atoms with Crippen LogP contribution in [0.3, 0.4) is 0 Å². The molecule has 0 aromatic carbocycles. The number of rotatable bonds is 6. The van der Waals surface area contributed by atoms with Crippen molar-refractivity contribution >= 4 is 10.0 Å². The normalized spacial score (nSPS) is 18.3. The molecule has 1 aliphatic carbocycles. The summed E-state index contributed by atoms with van der Waals surface area (Å²) in [5, 5.41) is 9.57. The van der Waals surface area contributed by atoms with Gasteiger partial charge < -0.3 is 5.32 Å². The lowest BCUT2D eigenvalue weighted by Gasteiger charge is -2.16. The molecule has 0 atom stereocenters. The summed E-state index contributed by atoms with van der Waals surface area (Å²) >= 11 is 0. The van der Waals surface area contributed by atoms with E-state index in [0.717, 1.165) is 0 Å². The lowest BCUT2D eigenvalue weighted by atomic mass is 10.1. The minimum atomic E-state index is -3.41. The Labute approximate surface area is 114 Å². The molecule has 1 heterocycles. The molecule has 0 unspecified atom stereocenters. The molecule has 3 N–H and O–H groups in total. The molecule has 0 amide bonds. The molecule has 1 fully saturated rings. The highest BCUT2D eigenvalue weighted by atomic mass is 32.2. The Hall–Kier alpha value is -0.920. The van der Waals surface area contributed by atoms with Gasteiger partial charge in [-0.1, -0.05) is 25.7 Å². The van der Waals surface area contributed by atoms with Crippen molar-refractivity contribution in [3.8, 4) is 0 Å². The van der Waals surface area contributed by atoms with Gasteiger partial charge in [-0.2, -0.15) is 5.10 Å². The van der Waals surface area contributed by atoms with Gasteiger partial charge in [0.2, 0.25) is 10.0 Å². The topological polar surface area (TPSA) is 86.9 Å². The van der Waals surface area contributed by atoms with E-state index in [1.807, 2.05) is 0 Å². The van der Waals surface area contributed by atoms with Gasteiger partial charge in [-0.15, -0.1) is 0 Å². The van der Waals surface area contributed by atoms with Gasteiger partial charge in [0.1, 0.15) is 4.90 Å². The Morgan fingerprint density at radius 2 is 1.95 bits per heavy atom. The number of sulfonamides is 1. The third-order valence-corrected chi connectivity index (χ3v) is 4.92. The third kappa shape index (κ3) is 4.59. The van der Waals surface area contributed by atoms with Crippen LogP contribution in [0.15, 0.2) is 17.3 Å². The Bertz CT molecular complexity index is 450. The molecule has 1 aliphatic rings. The van der Waals surface area contributed by atoms with Gasteiger partial charge >= 0.3 is 0 Å². The van der Waals surface area contributed by atoms with Crippen molar-refractivity contribution in [1.29, 1.82) is 0 Å². The van der Waals surface area contributed by atoms with Crippen LogP contribution >= 0.6 is 0 Å². The molecule has 19 heavy (non-hydrogen) atoms. The van der Waals surface area contributed by atoms with Gasteiger partial charge in [0.05, 0.1) is 6.20 Å². The summed E-state index contributed by atoms with van der Waals surface area (Å²) < 4.78 is 26.2. The van der Waals surface area contributed by atoms with E-state index in [2.05, 4.69) is 20.2 Å². The zero-order valence-corrected chi connectivity index (χ0v) is 11.9. The van der Waals surface area contributed by atoms with Crippen LogP contribution < -0.4 is 10.0 Å². The fraction of sp³-hybridized carbons (Fsp3) is 0.750. The molecule has 1 aromatic heterocycles. The highest BCUT2D eigenvalue weighted by molar-refractivity contribution is 7.89. The van der Waals surface area contributed by atoms with E-state index in [4.69, 9.17) is 0 Å². The number of hydrogen-bond acceptors (Lipinski definition) is 4. The van der Waals surface area contributed by atoms with E-state index >= 15 is 0 Å². The van der Waals surface area contributed by atoms with Gasteiger partial charge in [0.15, 0.2) is 0 Å². The number of aromatic nitrogens is 2. The lowest BCUT2D eigenvalue weighted by molar-refractivity contribution is 0.461. The fourth-order valence-corrected chi connectivity index (χ4v) is 3.35. The van der Waals surface area contributed by atoms with Crippen molar-refractivity contribution in [2.24, 2.45) is 0 Å². The first kappa shape index (κ1) is 14.5. The minimum absolute atomic E-state index is 0.182. The highest BCUT2D eigenvalue weighted by Crippen LogP contribution is 2.16. The van der Waals surface area contributed by atoms with Crippen molar-refractivity contribution in [3.63, 3.8) is 0 Å². The molecule has 0 spiro atoms. The average molecular weight is 286 g/mol. The van der Waals surface area contributed by atoms with Crippen molar-refractivity contribution in [2.45, 2.75) is 49.5 Å². The summed E-state index contributed by atoms with van der Waals surface area (Å²) in [7, 11) is -3.41. The molecule has 1 saturated carbocycles. The van der Waals surface area contributed by atoms with E-state index in [-0.39, 0.29) is 4.90 Å². The van der Waals surface area contributed by atoms with Crippen LogP contribution in [0.1, 0.15) is 38.5 Å². The molecule has 2 rings (SSSR count). The smallest absolute Gasteiger partial charge is 0.243 e. The molecule has 108 valence electrons. The third-order valence-electron chi connectivity index (χ3n) is 3.49. The second kappa shape index (κ2) is 7.02. The van der Waals surface area contributed by atoms with Crippen LogP contribution in [0.4, 0.5) is 0 Å². The maximum absolute atomic E-state index is 11.8. The van der Waals surface area contributed by atoms with Crippen LogP contribution in [0.5, 0.6) is 0 Å². The Morgan fingerprint density at radius 1 is 1.21 bits per heavy atom. The number of nitrogens with one attached hydrogen (secondary N) is 3. The first-order valence-corrected chi connectivity index (χ1v) is 8.38. The first-order chi connectivity index (χ1) is 9.18. The van der Waals surface area contributed by atoms with Gasteiger partial charge in [0, 0.05) is 25.3 Å². The monoisotopic (exact) mass is 286 g/mol. The summed E-state index contributed by atoms with van der Waals surface area (Å²) in [6.07, 6.45) is 10.3. The van der Waals surface area contributed by atoms with Crippen LogP contribution in [-0.2, 0) is 10.0 Å². The standard InChI is InChI=1S/C12H22N4O2S/c17-19(18,12-9-14-15-10-12)16-8-7-13-11-5-3-1-2-4-6-11/h9-11,13,16H,1-8H2,(H,14,15). The quantitative estimate of drug-likeness (QED) is 0.538. The maximum Gasteiger partial charge on any atom is 0.243 e. The van der Waals surface area contributed by atoms with Crippen molar-refractivity contribution in [3.05, 3.63) is 12.4 Å². The first-order valence-electron chi connectivity index (χ1n) is 6.90. The summed E-state index contributed by atoms with van der Waals surface area (Å²) in [6, 6.07) is 0.543. The van der Waals surface area contributed by atoms with Gasteiger partial charge in [-0.3, -0.25) is 5.10 Å². The van der Waals surface area contributed by atoms with Crippen LogP contribution in [0, 0.1) is 0 Å². The summed E-state index contributed by atoms with van der Waals surface area (Å²) in [5.41, 5.74) is 0. The average Bonchev–Trinajstić information content (AvgIpc) is 2.81. The molecule has 0 saturated heterocycles. The van der Waals surface area contributed by atoms with Crippen LogP contribution in [0.25, 0.3) is 0 Å². The van der Waals surface area contributed by atoms with Gasteiger partial charge in [0.25, 0.3) is 0 Å². The van der Waals surface area contributed by atoms with Gasteiger partial charge in [-0.05, 0) is 12.8 Å². The van der Waals surface area contributed by atoms with Gasteiger partial charge in [-0.25, -0.2) is 13.1 Å². The SMILES string of the molecule is O=S(=O)(NCCNC1CCCCCC1)c1cn[nH]c1. The minimum Gasteiger partial charge on any atom is -0.313 e. The van der Waals surface area contributed by atoms with E-state index < -0.39 is 10.0 Å². The predicted molar refractivity (Wildman–Crippen MR) is 73.3 cm³/mol. The summed E-state index contributed by atoms with van der Waals surface area (Å²) in [6.45, 7) is 1.08. The van der Waals surface area contributed by atoms with Crippen molar-refractivity contribution < 1.29 is 8.42 Å². The largest absolute Gasteiger partial charge is 0.313 e. The maximum atomic E-state index is 11.8. The molecule has 1 aromatic rings. The van der Waals surface area contributed by atoms with E-state index in [0.29, 0.717) is 19.1 Å². The van der Waals surface area contributed by atoms with E-state index in [9.17, 15) is 8.42 Å². The second-order valence-corrected chi connectivity index (χ2v) is 6.74. The Morgan fingerprint density at radius 3 is 2.58 bits per heavy atom. The number of hydrogen-bond donors (Lipinski definition) is 3. The predicted octanol–water partition coefficient (Wildman–Crippen LogP) is 1.00. The molecular weight excluding hydrogens is 264 g/mol. The summed E-state index contributed by atoms with van der Waals surface area (Å²) in [5.74, 6) is 0. The van der Waals surface area contributed by atoms with Crippen molar-refractivity contribution in [2.75, 3.05) is 13.1 Å². The molecule has 0 radical (unpaired) electrons. The zero-order valence-electron chi connectivity index (χ0n) is 11.1. The molecule has 0 aliphatic heterocycles. The summed E-state index contributed by atoms with van der Waals surface area (Å²) in [4.78, 5) is 0.182. The number of H-pyrrole nitrogens is 1. The zero-order chi connectivity index (χ0) is 13.6.